The van der Waals surface area contributed by atoms with Gasteiger partial charge in [0.2, 0.25) is 17.7 Å². The number of thiol groups is 1. The number of rotatable bonds is 16. The Labute approximate surface area is 204 Å². The number of nitrogens with zero attached hydrogens (tertiary/aromatic N) is 1. The molecule has 3 amide bonds. The molecule has 0 bridgehead atoms. The van der Waals surface area contributed by atoms with Gasteiger partial charge >= 0.3 is 5.97 Å². The molecule has 0 fully saturated rings. The summed E-state index contributed by atoms with van der Waals surface area (Å²) in [6.07, 6.45) is 4.70. The summed E-state index contributed by atoms with van der Waals surface area (Å²) < 4.78 is 0. The van der Waals surface area contributed by atoms with Crippen LogP contribution < -0.4 is 27.4 Å². The maximum atomic E-state index is 13.1. The predicted molar refractivity (Wildman–Crippen MR) is 130 cm³/mol. The van der Waals surface area contributed by atoms with Crippen LogP contribution in [0.25, 0.3) is 0 Å². The number of carboxylic acid groups (broad SMARTS) is 1. The van der Waals surface area contributed by atoms with Gasteiger partial charge in [0.25, 0.3) is 0 Å². The summed E-state index contributed by atoms with van der Waals surface area (Å²) in [5.74, 6) is -2.83. The summed E-state index contributed by atoms with van der Waals surface area (Å²) in [7, 11) is 0. The summed E-state index contributed by atoms with van der Waals surface area (Å²) in [6.45, 7) is 4.11. The van der Waals surface area contributed by atoms with Crippen LogP contribution in [-0.2, 0) is 25.6 Å². The van der Waals surface area contributed by atoms with Crippen LogP contribution in [-0.4, -0.2) is 75.2 Å². The number of hydrogen-bond acceptors (Lipinski definition) is 8. The highest BCUT2D eigenvalue weighted by Gasteiger charge is 2.30. The van der Waals surface area contributed by atoms with Crippen LogP contribution in [0, 0.1) is 5.92 Å². The molecule has 12 nitrogen and oxygen atoms in total. The summed E-state index contributed by atoms with van der Waals surface area (Å²) in [4.78, 5) is 56.7. The fourth-order valence-electron chi connectivity index (χ4n) is 3.19. The molecule has 0 radical (unpaired) electrons. The Hall–Kier alpha value is -2.64. The van der Waals surface area contributed by atoms with Gasteiger partial charge in [0.15, 0.2) is 0 Å². The normalized spacial score (nSPS) is 14.6. The van der Waals surface area contributed by atoms with Crippen LogP contribution in [0.5, 0.6) is 0 Å². The Kier molecular flexibility index (Phi) is 13.2. The van der Waals surface area contributed by atoms with Gasteiger partial charge in [0.05, 0.1) is 12.4 Å². The first kappa shape index (κ1) is 29.4. The first-order valence-corrected chi connectivity index (χ1v) is 11.9. The number of amides is 3. The van der Waals surface area contributed by atoms with E-state index in [0.29, 0.717) is 25.1 Å². The van der Waals surface area contributed by atoms with Crippen LogP contribution in [0.1, 0.15) is 45.2 Å². The zero-order chi connectivity index (χ0) is 25.7. The molecule has 0 aromatic carbocycles. The fourth-order valence-corrected chi connectivity index (χ4v) is 3.35. The number of carbonyl (C=O) groups is 4. The van der Waals surface area contributed by atoms with Crippen LogP contribution in [0.2, 0.25) is 0 Å². The van der Waals surface area contributed by atoms with Crippen LogP contribution >= 0.6 is 12.6 Å². The number of carbonyl (C=O) groups excluding carboxylic acids is 3. The maximum absolute atomic E-state index is 13.1. The van der Waals surface area contributed by atoms with E-state index in [1.54, 1.807) is 0 Å². The van der Waals surface area contributed by atoms with Gasteiger partial charge in [-0.3, -0.25) is 14.4 Å². The highest BCUT2D eigenvalue weighted by atomic mass is 32.1. The van der Waals surface area contributed by atoms with E-state index in [4.69, 9.17) is 11.5 Å². The minimum absolute atomic E-state index is 0.0386. The third kappa shape index (κ3) is 10.5. The van der Waals surface area contributed by atoms with Gasteiger partial charge in [-0.05, 0) is 38.1 Å². The number of imidazole rings is 1. The van der Waals surface area contributed by atoms with Crippen molar-refractivity contribution in [3.63, 3.8) is 0 Å². The summed E-state index contributed by atoms with van der Waals surface area (Å²) in [5, 5.41) is 17.2. The molecule has 0 aliphatic carbocycles. The van der Waals surface area contributed by atoms with Gasteiger partial charge in [-0.1, -0.05) is 13.8 Å². The molecule has 0 spiro atoms. The largest absolute Gasteiger partial charge is 0.480 e. The molecular weight excluding hydrogens is 462 g/mol. The van der Waals surface area contributed by atoms with Gasteiger partial charge in [0.1, 0.15) is 18.1 Å². The van der Waals surface area contributed by atoms with Gasteiger partial charge in [0, 0.05) is 24.1 Å². The third-order valence-corrected chi connectivity index (χ3v) is 5.44. The molecule has 1 aromatic heterocycles. The molecule has 0 saturated heterocycles. The number of aromatic amines is 1. The lowest BCUT2D eigenvalue weighted by molar-refractivity contribution is -0.142. The van der Waals surface area contributed by atoms with Crippen molar-refractivity contribution >= 4 is 36.3 Å². The monoisotopic (exact) mass is 499 g/mol. The van der Waals surface area contributed by atoms with Crippen molar-refractivity contribution in [1.29, 1.82) is 0 Å². The molecule has 4 atom stereocenters. The topological polar surface area (TPSA) is 205 Å². The highest BCUT2D eigenvalue weighted by Crippen LogP contribution is 2.08. The average Bonchev–Trinajstić information content (AvgIpc) is 3.29. The zero-order valence-corrected chi connectivity index (χ0v) is 20.5. The molecule has 0 aliphatic rings. The number of H-pyrrole nitrogens is 1. The lowest BCUT2D eigenvalue weighted by Gasteiger charge is -2.25. The summed E-state index contributed by atoms with van der Waals surface area (Å²) in [6, 6.07) is -4.06. The number of nitrogens with one attached hydrogen (secondary N) is 4. The van der Waals surface area contributed by atoms with Gasteiger partial charge in [-0.15, -0.1) is 0 Å². The van der Waals surface area contributed by atoms with Crippen molar-refractivity contribution in [2.45, 2.75) is 70.1 Å². The van der Waals surface area contributed by atoms with E-state index in [1.807, 2.05) is 13.8 Å². The predicted octanol–water partition coefficient (Wildman–Crippen LogP) is -1.08. The standard InChI is InChI=1S/C21H37N7O5S/c1-12(2)7-17(21(32)33)28-19(30)15(5-3-4-6-22)26-20(31)16(8-13-9-24-11-25-13)27-18(29)14(23)10-34/h9,11-12,14-17,34H,3-8,10,22-23H2,1-2H3,(H,24,25)(H,26,31)(H,27,29)(H,28,30)(H,32,33). The summed E-state index contributed by atoms with van der Waals surface area (Å²) >= 11 is 4.01. The number of unbranched alkanes of at least 4 members (excludes halogenated alkanes) is 1. The van der Waals surface area contributed by atoms with Crippen molar-refractivity contribution in [3.05, 3.63) is 18.2 Å². The second-order valence-electron chi connectivity index (χ2n) is 8.51. The number of aromatic nitrogens is 2. The van der Waals surface area contributed by atoms with Crippen LogP contribution in [0.4, 0.5) is 0 Å². The van der Waals surface area contributed by atoms with Crippen molar-refractivity contribution in [2.75, 3.05) is 12.3 Å². The quantitative estimate of drug-likeness (QED) is 0.103. The Morgan fingerprint density at radius 2 is 1.68 bits per heavy atom. The number of nitrogens with two attached hydrogens (primary N) is 2. The maximum Gasteiger partial charge on any atom is 0.326 e. The molecule has 0 saturated carbocycles. The number of aliphatic carboxylic acids is 1. The Bertz CT molecular complexity index is 790. The van der Waals surface area contributed by atoms with E-state index in [9.17, 15) is 24.3 Å². The van der Waals surface area contributed by atoms with E-state index in [0.717, 1.165) is 0 Å². The molecular formula is C21H37N7O5S. The zero-order valence-electron chi connectivity index (χ0n) is 19.6. The van der Waals surface area contributed by atoms with Gasteiger partial charge in [-0.2, -0.15) is 12.6 Å². The molecule has 13 heteroatoms. The molecule has 9 N–H and O–H groups in total. The fraction of sp³-hybridized carbons (Fsp3) is 0.667. The lowest BCUT2D eigenvalue weighted by Crippen LogP contribution is -2.57. The average molecular weight is 500 g/mol. The molecule has 1 rings (SSSR count). The minimum Gasteiger partial charge on any atom is -0.480 e. The SMILES string of the molecule is CC(C)CC(NC(=O)C(CCCCN)NC(=O)C(Cc1cnc[nH]1)NC(=O)C(N)CS)C(=O)O. The number of hydrogen-bond donors (Lipinski definition) is 8. The number of carboxylic acids is 1. The van der Waals surface area contributed by atoms with Gasteiger partial charge in [-0.25, -0.2) is 9.78 Å². The second-order valence-corrected chi connectivity index (χ2v) is 8.87. The second kappa shape index (κ2) is 15.3. The van der Waals surface area contributed by atoms with Crippen LogP contribution in [0.15, 0.2) is 12.5 Å². The smallest absolute Gasteiger partial charge is 0.326 e. The third-order valence-electron chi connectivity index (χ3n) is 5.05. The Balaban J connectivity index is 3.02. The molecule has 0 aliphatic heterocycles. The Morgan fingerprint density at radius 3 is 2.21 bits per heavy atom. The van der Waals surface area contributed by atoms with E-state index in [-0.39, 0.29) is 30.9 Å². The van der Waals surface area contributed by atoms with E-state index < -0.39 is 47.9 Å². The lowest BCUT2D eigenvalue weighted by atomic mass is 10.0. The molecule has 1 aromatic rings. The van der Waals surface area contributed by atoms with Crippen molar-refractivity contribution in [1.82, 2.24) is 25.9 Å². The molecule has 192 valence electrons. The first-order valence-electron chi connectivity index (χ1n) is 11.3. The minimum atomic E-state index is -1.15. The van der Waals surface area contributed by atoms with Crippen molar-refractivity contribution < 1.29 is 24.3 Å². The van der Waals surface area contributed by atoms with Crippen molar-refractivity contribution in [3.8, 4) is 0 Å². The molecule has 4 unspecified atom stereocenters. The Morgan fingerprint density at radius 1 is 1.06 bits per heavy atom. The molecule has 1 heterocycles. The molecule has 34 heavy (non-hydrogen) atoms. The highest BCUT2D eigenvalue weighted by molar-refractivity contribution is 7.80. The van der Waals surface area contributed by atoms with E-state index in [1.165, 1.54) is 12.5 Å². The van der Waals surface area contributed by atoms with Crippen molar-refractivity contribution in [2.24, 2.45) is 17.4 Å². The summed E-state index contributed by atoms with van der Waals surface area (Å²) in [5.41, 5.74) is 11.9. The van der Waals surface area contributed by atoms with Crippen LogP contribution in [0.3, 0.4) is 0 Å². The van der Waals surface area contributed by atoms with E-state index >= 15 is 0 Å². The first-order chi connectivity index (χ1) is 16.1. The van der Waals surface area contributed by atoms with E-state index in [2.05, 4.69) is 38.5 Å². The van der Waals surface area contributed by atoms with Gasteiger partial charge < -0.3 is 37.5 Å².